The second-order valence-electron chi connectivity index (χ2n) is 4.57. The number of aliphatic imine (C=N–C) groups is 1. The zero-order valence-corrected chi connectivity index (χ0v) is 12.8. The van der Waals surface area contributed by atoms with Gasteiger partial charge in [-0.25, -0.2) is 0 Å². The third kappa shape index (κ3) is 5.63. The monoisotopic (exact) mass is 282 g/mol. The van der Waals surface area contributed by atoms with Crippen molar-refractivity contribution in [2.75, 3.05) is 47.4 Å². The Labute approximate surface area is 121 Å². The third-order valence-corrected chi connectivity index (χ3v) is 2.92. The Morgan fingerprint density at radius 1 is 1.45 bits per heavy atom. The van der Waals surface area contributed by atoms with Crippen LogP contribution >= 0.6 is 0 Å². The van der Waals surface area contributed by atoms with Gasteiger partial charge in [0.15, 0.2) is 5.96 Å². The normalized spacial score (nSPS) is 13.6. The first-order valence-corrected chi connectivity index (χ1v) is 6.91. The van der Waals surface area contributed by atoms with Crippen LogP contribution in [0.4, 0.5) is 0 Å². The van der Waals surface area contributed by atoms with E-state index in [9.17, 15) is 0 Å². The van der Waals surface area contributed by atoms with Gasteiger partial charge in [-0.05, 0) is 33.2 Å². The van der Waals surface area contributed by atoms with Crippen LogP contribution in [-0.4, -0.2) is 58.3 Å². The molecule has 0 fully saturated rings. The Morgan fingerprint density at radius 3 is 2.80 bits per heavy atom. The Morgan fingerprint density at radius 2 is 2.25 bits per heavy atom. The zero-order chi connectivity index (χ0) is 14.8. The predicted octanol–water partition coefficient (Wildman–Crippen LogP) is 1.08. The number of likely N-dealkylation sites (N-methyl/N-ethyl adjacent to an activating group) is 1. The van der Waals surface area contributed by atoms with Gasteiger partial charge in [-0.15, -0.1) is 0 Å². The lowest BCUT2D eigenvalue weighted by Gasteiger charge is -2.23. The summed E-state index contributed by atoms with van der Waals surface area (Å²) in [6.45, 7) is 4.84. The smallest absolute Gasteiger partial charge is 0.191 e. The molecule has 20 heavy (non-hydrogen) atoms. The van der Waals surface area contributed by atoms with Crippen LogP contribution in [0.3, 0.4) is 0 Å². The highest BCUT2D eigenvalue weighted by atomic mass is 16.5. The lowest BCUT2D eigenvalue weighted by Crippen LogP contribution is -2.42. The van der Waals surface area contributed by atoms with Gasteiger partial charge in [0.05, 0.1) is 18.9 Å². The molecule has 2 N–H and O–H groups in total. The molecule has 0 aliphatic rings. The standard InChI is InChI=1S/C14H26N4O2/c1-5-19-10-8-16-14(15-2)17-11-12(18(3)4)13-7-6-9-20-13/h6-7,9,12H,5,8,10-11H2,1-4H3,(H2,15,16,17). The van der Waals surface area contributed by atoms with Crippen LogP contribution in [0.25, 0.3) is 0 Å². The van der Waals surface area contributed by atoms with E-state index in [2.05, 4.69) is 20.5 Å². The molecule has 1 heterocycles. The van der Waals surface area contributed by atoms with Crippen molar-refractivity contribution in [2.45, 2.75) is 13.0 Å². The van der Waals surface area contributed by atoms with Crippen molar-refractivity contribution in [3.8, 4) is 0 Å². The van der Waals surface area contributed by atoms with Crippen molar-refractivity contribution in [1.82, 2.24) is 15.5 Å². The van der Waals surface area contributed by atoms with Gasteiger partial charge in [0.1, 0.15) is 5.76 Å². The van der Waals surface area contributed by atoms with Crippen LogP contribution in [-0.2, 0) is 4.74 Å². The summed E-state index contributed by atoms with van der Waals surface area (Å²) in [4.78, 5) is 6.30. The van der Waals surface area contributed by atoms with Crippen LogP contribution < -0.4 is 10.6 Å². The SMILES string of the molecule is CCOCCNC(=NC)NCC(c1ccco1)N(C)C. The van der Waals surface area contributed by atoms with Crippen molar-refractivity contribution < 1.29 is 9.15 Å². The average molecular weight is 282 g/mol. The van der Waals surface area contributed by atoms with Gasteiger partial charge in [-0.1, -0.05) is 0 Å². The maximum absolute atomic E-state index is 5.47. The molecule has 0 aliphatic heterocycles. The summed E-state index contributed by atoms with van der Waals surface area (Å²) in [7, 11) is 5.81. The summed E-state index contributed by atoms with van der Waals surface area (Å²) >= 11 is 0. The van der Waals surface area contributed by atoms with Gasteiger partial charge in [0, 0.05) is 26.7 Å². The fourth-order valence-electron chi connectivity index (χ4n) is 1.82. The third-order valence-electron chi connectivity index (χ3n) is 2.92. The summed E-state index contributed by atoms with van der Waals surface area (Å²) in [6, 6.07) is 4.05. The predicted molar refractivity (Wildman–Crippen MR) is 81.0 cm³/mol. The molecule has 1 aromatic rings. The average Bonchev–Trinajstić information content (AvgIpc) is 2.95. The van der Waals surface area contributed by atoms with E-state index in [1.165, 1.54) is 0 Å². The molecule has 0 amide bonds. The number of hydrogen-bond donors (Lipinski definition) is 2. The van der Waals surface area contributed by atoms with Crippen molar-refractivity contribution in [3.05, 3.63) is 24.2 Å². The number of guanidine groups is 1. The first-order valence-electron chi connectivity index (χ1n) is 6.91. The van der Waals surface area contributed by atoms with Gasteiger partial charge in [0.25, 0.3) is 0 Å². The van der Waals surface area contributed by atoms with Crippen molar-refractivity contribution in [2.24, 2.45) is 4.99 Å². The van der Waals surface area contributed by atoms with Crippen LogP contribution in [0, 0.1) is 0 Å². The zero-order valence-electron chi connectivity index (χ0n) is 12.8. The van der Waals surface area contributed by atoms with E-state index >= 15 is 0 Å². The van der Waals surface area contributed by atoms with Gasteiger partial charge >= 0.3 is 0 Å². The fourth-order valence-corrected chi connectivity index (χ4v) is 1.82. The molecule has 0 aromatic carbocycles. The van der Waals surface area contributed by atoms with Gasteiger partial charge in [0.2, 0.25) is 0 Å². The lowest BCUT2D eigenvalue weighted by molar-refractivity contribution is 0.152. The van der Waals surface area contributed by atoms with E-state index in [0.29, 0.717) is 6.61 Å². The maximum atomic E-state index is 5.47. The van der Waals surface area contributed by atoms with Crippen LogP contribution in [0.15, 0.2) is 27.8 Å². The molecule has 6 nitrogen and oxygen atoms in total. The summed E-state index contributed by atoms with van der Waals surface area (Å²) in [5.41, 5.74) is 0. The molecular formula is C14H26N4O2. The number of furan rings is 1. The fraction of sp³-hybridized carbons (Fsp3) is 0.643. The van der Waals surface area contributed by atoms with Crippen LogP contribution in [0.2, 0.25) is 0 Å². The highest BCUT2D eigenvalue weighted by Crippen LogP contribution is 2.17. The van der Waals surface area contributed by atoms with E-state index in [1.54, 1.807) is 13.3 Å². The molecule has 114 valence electrons. The molecule has 0 radical (unpaired) electrons. The number of nitrogens with zero attached hydrogens (tertiary/aromatic N) is 2. The minimum Gasteiger partial charge on any atom is -0.468 e. The Hall–Kier alpha value is -1.53. The molecule has 0 bridgehead atoms. The number of rotatable bonds is 8. The minimum absolute atomic E-state index is 0.162. The number of hydrogen-bond acceptors (Lipinski definition) is 4. The van der Waals surface area contributed by atoms with Crippen molar-refractivity contribution >= 4 is 5.96 Å². The largest absolute Gasteiger partial charge is 0.468 e. The second kappa shape index (κ2) is 9.39. The Kier molecular flexibility index (Phi) is 7.75. The molecule has 0 aliphatic carbocycles. The highest BCUT2D eigenvalue weighted by Gasteiger charge is 2.17. The minimum atomic E-state index is 0.162. The van der Waals surface area contributed by atoms with Crippen molar-refractivity contribution in [3.63, 3.8) is 0 Å². The van der Waals surface area contributed by atoms with Gasteiger partial charge in [-0.2, -0.15) is 0 Å². The van der Waals surface area contributed by atoms with E-state index in [1.807, 2.05) is 33.2 Å². The summed E-state index contributed by atoms with van der Waals surface area (Å²) in [5, 5.41) is 6.51. The quantitative estimate of drug-likeness (QED) is 0.424. The maximum Gasteiger partial charge on any atom is 0.191 e. The highest BCUT2D eigenvalue weighted by molar-refractivity contribution is 5.79. The van der Waals surface area contributed by atoms with Crippen LogP contribution in [0.5, 0.6) is 0 Å². The van der Waals surface area contributed by atoms with E-state index in [0.717, 1.165) is 31.4 Å². The molecule has 0 saturated heterocycles. The summed E-state index contributed by atoms with van der Waals surface area (Å²) in [5.74, 6) is 1.70. The van der Waals surface area contributed by atoms with E-state index < -0.39 is 0 Å². The molecular weight excluding hydrogens is 256 g/mol. The Bertz CT molecular complexity index is 377. The first kappa shape index (κ1) is 16.5. The van der Waals surface area contributed by atoms with Crippen molar-refractivity contribution in [1.29, 1.82) is 0 Å². The van der Waals surface area contributed by atoms with Gasteiger partial charge < -0.3 is 19.8 Å². The topological polar surface area (TPSA) is 62.0 Å². The summed E-state index contributed by atoms with van der Waals surface area (Å²) < 4.78 is 10.8. The molecule has 1 atom stereocenters. The molecule has 6 heteroatoms. The number of nitrogens with one attached hydrogen (secondary N) is 2. The second-order valence-corrected chi connectivity index (χ2v) is 4.57. The van der Waals surface area contributed by atoms with Crippen LogP contribution in [0.1, 0.15) is 18.7 Å². The lowest BCUT2D eigenvalue weighted by atomic mass is 10.2. The molecule has 1 unspecified atom stereocenters. The van der Waals surface area contributed by atoms with E-state index in [4.69, 9.17) is 9.15 Å². The Balaban J connectivity index is 2.41. The van der Waals surface area contributed by atoms with Gasteiger partial charge in [-0.3, -0.25) is 9.89 Å². The molecule has 0 saturated carbocycles. The first-order chi connectivity index (χ1) is 9.69. The van der Waals surface area contributed by atoms with E-state index in [-0.39, 0.29) is 6.04 Å². The molecule has 1 aromatic heterocycles. The molecule has 0 spiro atoms. The molecule has 1 rings (SSSR count). The number of ether oxygens (including phenoxy) is 1. The summed E-state index contributed by atoms with van der Waals surface area (Å²) in [6.07, 6.45) is 1.70.